The van der Waals surface area contributed by atoms with Crippen LogP contribution in [0.1, 0.15) is 18.5 Å². The van der Waals surface area contributed by atoms with Crippen LogP contribution in [0.25, 0.3) is 0 Å². The number of hydrogen-bond donors (Lipinski definition) is 0. The van der Waals surface area contributed by atoms with Crippen molar-refractivity contribution in [1.29, 1.82) is 0 Å². The molecule has 19 heavy (non-hydrogen) atoms. The van der Waals surface area contributed by atoms with Crippen molar-refractivity contribution in [2.45, 2.75) is 17.9 Å². The summed E-state index contributed by atoms with van der Waals surface area (Å²) in [4.78, 5) is 0.188. The van der Waals surface area contributed by atoms with E-state index in [1.54, 1.807) is 25.1 Å². The molecule has 0 fully saturated rings. The third-order valence-electron chi connectivity index (χ3n) is 2.86. The minimum absolute atomic E-state index is 0.188. The summed E-state index contributed by atoms with van der Waals surface area (Å²) in [5, 5.41) is 0. The van der Waals surface area contributed by atoms with Crippen LogP contribution in [0.4, 0.5) is 0 Å². The van der Waals surface area contributed by atoms with Gasteiger partial charge in [-0.15, -0.1) is 3.82 Å². The van der Waals surface area contributed by atoms with Gasteiger partial charge in [-0.2, -0.15) is 0 Å². The molecule has 100 valence electrons. The molecule has 3 nitrogen and oxygen atoms in total. The van der Waals surface area contributed by atoms with E-state index in [9.17, 15) is 8.42 Å². The maximum atomic E-state index is 12.3. The number of hydrogen-bond acceptors (Lipinski definition) is 2. The fourth-order valence-corrected chi connectivity index (χ4v) is 3.34. The highest BCUT2D eigenvalue weighted by Crippen LogP contribution is 2.28. The predicted octanol–water partition coefficient (Wildman–Crippen LogP) is 3.59. The lowest BCUT2D eigenvalue weighted by Gasteiger charge is -2.21. The molecule has 0 aliphatic carbocycles. The Bertz CT molecular complexity index is 629. The highest BCUT2D eigenvalue weighted by atomic mass is 35.5. The summed E-state index contributed by atoms with van der Waals surface area (Å²) in [6.07, 6.45) is 0. The van der Waals surface area contributed by atoms with Crippen molar-refractivity contribution in [1.82, 2.24) is 3.82 Å². The smallest absolute Gasteiger partial charge is 0.206 e. The first-order chi connectivity index (χ1) is 9.03. The Balaban J connectivity index is 2.32. The summed E-state index contributed by atoms with van der Waals surface area (Å²) < 4.78 is 25.6. The zero-order chi connectivity index (χ0) is 13.9. The van der Waals surface area contributed by atoms with E-state index in [0.29, 0.717) is 0 Å². The molecule has 0 aliphatic rings. The zero-order valence-corrected chi connectivity index (χ0v) is 12.0. The van der Waals surface area contributed by atoms with E-state index in [1.165, 1.54) is 12.1 Å². The lowest BCUT2D eigenvalue weighted by Crippen LogP contribution is -2.25. The molecule has 0 N–H and O–H groups in total. The maximum absolute atomic E-state index is 12.3. The van der Waals surface area contributed by atoms with E-state index in [-0.39, 0.29) is 4.90 Å². The van der Waals surface area contributed by atoms with Crippen LogP contribution in [0, 0.1) is 0 Å². The lowest BCUT2D eigenvalue weighted by molar-refractivity contribution is 0.483. The van der Waals surface area contributed by atoms with Crippen molar-refractivity contribution in [3.05, 3.63) is 66.2 Å². The van der Waals surface area contributed by atoms with Gasteiger partial charge in [0.2, 0.25) is 0 Å². The highest BCUT2D eigenvalue weighted by Gasteiger charge is 2.28. The van der Waals surface area contributed by atoms with E-state index >= 15 is 0 Å². The molecule has 2 aromatic rings. The van der Waals surface area contributed by atoms with Crippen molar-refractivity contribution in [3.8, 4) is 0 Å². The van der Waals surface area contributed by atoms with Crippen LogP contribution in [-0.4, -0.2) is 12.2 Å². The summed E-state index contributed by atoms with van der Waals surface area (Å²) in [5.41, 5.74) is 0.844. The Morgan fingerprint density at radius 2 is 1.42 bits per heavy atom. The van der Waals surface area contributed by atoms with Crippen LogP contribution >= 0.6 is 11.8 Å². The SMILES string of the molecule is CC(c1ccccc1)N(Cl)S(=O)(=O)c1ccccc1. The monoisotopic (exact) mass is 295 g/mol. The van der Waals surface area contributed by atoms with Crippen LogP contribution in [0.2, 0.25) is 0 Å². The second kappa shape index (κ2) is 5.74. The molecule has 0 bridgehead atoms. The minimum Gasteiger partial charge on any atom is -0.206 e. The molecule has 2 aromatic carbocycles. The van der Waals surface area contributed by atoms with Gasteiger partial charge >= 0.3 is 0 Å². The third-order valence-corrected chi connectivity index (χ3v) is 5.34. The van der Waals surface area contributed by atoms with Gasteiger partial charge < -0.3 is 0 Å². The average Bonchev–Trinajstić information content (AvgIpc) is 2.47. The van der Waals surface area contributed by atoms with Gasteiger partial charge in [-0.1, -0.05) is 48.5 Å². The molecule has 0 amide bonds. The van der Waals surface area contributed by atoms with Gasteiger partial charge in [0.15, 0.2) is 0 Å². The molecule has 0 aliphatic heterocycles. The van der Waals surface area contributed by atoms with E-state index in [1.807, 2.05) is 30.3 Å². The predicted molar refractivity (Wildman–Crippen MR) is 76.2 cm³/mol. The van der Waals surface area contributed by atoms with E-state index < -0.39 is 16.1 Å². The summed E-state index contributed by atoms with van der Waals surface area (Å²) in [5.74, 6) is 0. The molecule has 0 saturated heterocycles. The van der Waals surface area contributed by atoms with Crippen LogP contribution < -0.4 is 0 Å². The molecule has 1 unspecified atom stereocenters. The lowest BCUT2D eigenvalue weighted by atomic mass is 10.1. The number of halogens is 1. The molecule has 0 saturated carbocycles. The third kappa shape index (κ3) is 2.97. The van der Waals surface area contributed by atoms with Gasteiger partial charge in [0.05, 0.1) is 10.9 Å². The Morgan fingerprint density at radius 3 is 1.95 bits per heavy atom. The number of rotatable bonds is 4. The Labute approximate surface area is 118 Å². The molecule has 0 aromatic heterocycles. The molecular weight excluding hydrogens is 282 g/mol. The second-order valence-electron chi connectivity index (χ2n) is 4.15. The average molecular weight is 296 g/mol. The minimum atomic E-state index is -3.69. The van der Waals surface area contributed by atoms with Crippen LogP contribution in [0.3, 0.4) is 0 Å². The first-order valence-electron chi connectivity index (χ1n) is 5.83. The normalized spacial score (nSPS) is 13.4. The molecule has 0 spiro atoms. The van der Waals surface area contributed by atoms with Gasteiger partial charge in [-0.05, 0) is 36.4 Å². The fourth-order valence-electron chi connectivity index (χ4n) is 1.75. The van der Waals surface area contributed by atoms with Gasteiger partial charge in [0.1, 0.15) is 0 Å². The molecule has 5 heteroatoms. The van der Waals surface area contributed by atoms with Crippen molar-refractivity contribution >= 4 is 21.8 Å². The Morgan fingerprint density at radius 1 is 0.947 bits per heavy atom. The van der Waals surface area contributed by atoms with Gasteiger partial charge in [0, 0.05) is 0 Å². The highest BCUT2D eigenvalue weighted by molar-refractivity contribution is 7.90. The van der Waals surface area contributed by atoms with Crippen LogP contribution in [0.15, 0.2) is 65.6 Å². The van der Waals surface area contributed by atoms with Gasteiger partial charge in [-0.25, -0.2) is 8.42 Å². The number of sulfonamides is 1. The van der Waals surface area contributed by atoms with Crippen LogP contribution in [-0.2, 0) is 10.0 Å². The van der Waals surface area contributed by atoms with E-state index in [4.69, 9.17) is 11.8 Å². The summed E-state index contributed by atoms with van der Waals surface area (Å²) in [7, 11) is -3.69. The molecule has 2 rings (SSSR count). The summed E-state index contributed by atoms with van der Waals surface area (Å²) in [6, 6.07) is 17.0. The first-order valence-corrected chi connectivity index (χ1v) is 7.61. The second-order valence-corrected chi connectivity index (χ2v) is 6.53. The molecular formula is C14H14ClNO2S. The quantitative estimate of drug-likeness (QED) is 0.808. The van der Waals surface area contributed by atoms with Crippen LogP contribution in [0.5, 0.6) is 0 Å². The fraction of sp³-hybridized carbons (Fsp3) is 0.143. The maximum Gasteiger partial charge on any atom is 0.257 e. The summed E-state index contributed by atoms with van der Waals surface area (Å²) in [6.45, 7) is 1.75. The summed E-state index contributed by atoms with van der Waals surface area (Å²) >= 11 is 6.04. The van der Waals surface area contributed by atoms with Gasteiger partial charge in [0.25, 0.3) is 10.0 Å². The van der Waals surface area contributed by atoms with Crippen molar-refractivity contribution in [2.24, 2.45) is 0 Å². The topological polar surface area (TPSA) is 37.4 Å². The largest absolute Gasteiger partial charge is 0.257 e. The van der Waals surface area contributed by atoms with Crippen molar-refractivity contribution in [3.63, 3.8) is 0 Å². The molecule has 0 radical (unpaired) electrons. The Hall–Kier alpha value is -1.36. The first kappa shape index (κ1) is 14.1. The van der Waals surface area contributed by atoms with Crippen molar-refractivity contribution < 1.29 is 8.42 Å². The van der Waals surface area contributed by atoms with Crippen molar-refractivity contribution in [2.75, 3.05) is 0 Å². The van der Waals surface area contributed by atoms with E-state index in [0.717, 1.165) is 9.39 Å². The molecule has 0 heterocycles. The standard InChI is InChI=1S/C14H14ClNO2S/c1-12(13-8-4-2-5-9-13)16(15)19(17,18)14-10-6-3-7-11-14/h2-12H,1H3. The Kier molecular flexibility index (Phi) is 4.24. The van der Waals surface area contributed by atoms with E-state index in [2.05, 4.69) is 0 Å². The zero-order valence-electron chi connectivity index (χ0n) is 10.4. The van der Waals surface area contributed by atoms with Gasteiger partial charge in [-0.3, -0.25) is 0 Å². The molecule has 1 atom stereocenters. The number of nitrogens with zero attached hydrogens (tertiary/aromatic N) is 1. The number of benzene rings is 2.